The quantitative estimate of drug-likeness (QED) is 0.459. The molecular formula is C16H18N2O2. The van der Waals surface area contributed by atoms with E-state index >= 15 is 0 Å². The molecule has 20 heavy (non-hydrogen) atoms. The fourth-order valence-corrected chi connectivity index (χ4v) is 1.68. The van der Waals surface area contributed by atoms with E-state index in [1.165, 1.54) is 0 Å². The van der Waals surface area contributed by atoms with Gasteiger partial charge in [0.1, 0.15) is 17.2 Å². The Hall–Kier alpha value is -2.49. The second-order valence-corrected chi connectivity index (χ2v) is 4.36. The Balaban J connectivity index is 1.82. The molecule has 0 aliphatic heterocycles. The second kappa shape index (κ2) is 7.19. The Kier molecular flexibility index (Phi) is 5.00. The maximum absolute atomic E-state index is 7.12. The van der Waals surface area contributed by atoms with Crippen LogP contribution in [0.5, 0.6) is 17.2 Å². The lowest BCUT2D eigenvalue weighted by atomic mass is 10.3. The van der Waals surface area contributed by atoms with Crippen molar-refractivity contribution in [3.8, 4) is 17.2 Å². The van der Waals surface area contributed by atoms with Gasteiger partial charge in [-0.2, -0.15) is 0 Å². The lowest BCUT2D eigenvalue weighted by Gasteiger charge is -2.08. The lowest BCUT2D eigenvalue weighted by Crippen LogP contribution is -2.10. The Morgan fingerprint density at radius 3 is 2.15 bits per heavy atom. The number of nitrogens with two attached hydrogens (primary N) is 1. The molecule has 0 aromatic heterocycles. The van der Waals surface area contributed by atoms with Crippen molar-refractivity contribution in [3.05, 3.63) is 54.6 Å². The molecule has 2 rings (SSSR count). The highest BCUT2D eigenvalue weighted by Gasteiger charge is 1.98. The standard InChI is InChI=1S/C16H18N2O2/c17-16(18)7-4-12-19-13-8-10-15(11-9-13)20-14-5-2-1-3-6-14/h1-3,5-6,8-11H,4,7,12H2,(H3,17,18). The first-order valence-electron chi connectivity index (χ1n) is 6.53. The SMILES string of the molecule is N=C(N)CCCOc1ccc(Oc2ccccc2)cc1. The van der Waals surface area contributed by atoms with Crippen LogP contribution in [0.25, 0.3) is 0 Å². The molecular weight excluding hydrogens is 252 g/mol. The van der Waals surface area contributed by atoms with Crippen LogP contribution in [0, 0.1) is 5.41 Å². The molecule has 0 aliphatic rings. The average molecular weight is 270 g/mol. The van der Waals surface area contributed by atoms with Gasteiger partial charge in [-0.1, -0.05) is 18.2 Å². The zero-order valence-electron chi connectivity index (χ0n) is 11.2. The fraction of sp³-hybridized carbons (Fsp3) is 0.188. The third-order valence-corrected chi connectivity index (χ3v) is 2.66. The largest absolute Gasteiger partial charge is 0.494 e. The average Bonchev–Trinajstić information content (AvgIpc) is 2.46. The molecule has 0 aliphatic carbocycles. The summed E-state index contributed by atoms with van der Waals surface area (Å²) in [5.74, 6) is 2.56. The summed E-state index contributed by atoms with van der Waals surface area (Å²) in [6, 6.07) is 17.1. The molecule has 0 unspecified atom stereocenters. The van der Waals surface area contributed by atoms with Crippen LogP contribution in [0.1, 0.15) is 12.8 Å². The van der Waals surface area contributed by atoms with Gasteiger partial charge in [-0.25, -0.2) is 0 Å². The Labute approximate surface area is 118 Å². The first-order chi connectivity index (χ1) is 9.74. The molecule has 0 atom stereocenters. The summed E-state index contributed by atoms with van der Waals surface area (Å²) in [6.07, 6.45) is 1.31. The number of para-hydroxylation sites is 1. The van der Waals surface area contributed by atoms with Crippen LogP contribution >= 0.6 is 0 Å². The predicted octanol–water partition coefficient (Wildman–Crippen LogP) is 3.57. The summed E-state index contributed by atoms with van der Waals surface area (Å²) < 4.78 is 11.2. The van der Waals surface area contributed by atoms with Crippen LogP contribution in [-0.2, 0) is 0 Å². The van der Waals surface area contributed by atoms with Gasteiger partial charge in [0, 0.05) is 6.42 Å². The summed E-state index contributed by atoms with van der Waals surface area (Å²) in [5, 5.41) is 7.12. The smallest absolute Gasteiger partial charge is 0.127 e. The molecule has 2 aromatic carbocycles. The van der Waals surface area contributed by atoms with Gasteiger partial charge >= 0.3 is 0 Å². The number of hydrogen-bond donors (Lipinski definition) is 2. The van der Waals surface area contributed by atoms with Crippen molar-refractivity contribution in [2.24, 2.45) is 5.73 Å². The van der Waals surface area contributed by atoms with Crippen LogP contribution < -0.4 is 15.2 Å². The van der Waals surface area contributed by atoms with E-state index in [0.717, 1.165) is 23.7 Å². The number of amidine groups is 1. The third kappa shape index (κ3) is 4.65. The number of rotatable bonds is 7. The van der Waals surface area contributed by atoms with Gasteiger partial charge in [-0.05, 0) is 42.8 Å². The second-order valence-electron chi connectivity index (χ2n) is 4.36. The highest BCUT2D eigenvalue weighted by atomic mass is 16.5. The molecule has 0 bridgehead atoms. The minimum Gasteiger partial charge on any atom is -0.494 e. The van der Waals surface area contributed by atoms with Gasteiger partial charge in [0.05, 0.1) is 12.4 Å². The molecule has 0 saturated heterocycles. The molecule has 4 nitrogen and oxygen atoms in total. The summed E-state index contributed by atoms with van der Waals surface area (Å²) >= 11 is 0. The summed E-state index contributed by atoms with van der Waals surface area (Å²) in [4.78, 5) is 0. The molecule has 2 aromatic rings. The molecule has 0 heterocycles. The monoisotopic (exact) mass is 270 g/mol. The molecule has 104 valence electrons. The van der Waals surface area contributed by atoms with Crippen molar-refractivity contribution in [1.29, 1.82) is 5.41 Å². The molecule has 0 saturated carbocycles. The van der Waals surface area contributed by atoms with Gasteiger partial charge in [0.25, 0.3) is 0 Å². The molecule has 0 amide bonds. The molecule has 0 spiro atoms. The zero-order valence-corrected chi connectivity index (χ0v) is 11.2. The Morgan fingerprint density at radius 1 is 0.900 bits per heavy atom. The van der Waals surface area contributed by atoms with Crippen LogP contribution in [-0.4, -0.2) is 12.4 Å². The van der Waals surface area contributed by atoms with Crippen molar-refractivity contribution < 1.29 is 9.47 Å². The van der Waals surface area contributed by atoms with Gasteiger partial charge in [0.2, 0.25) is 0 Å². The summed E-state index contributed by atoms with van der Waals surface area (Å²) in [7, 11) is 0. The highest BCUT2D eigenvalue weighted by molar-refractivity contribution is 5.76. The number of benzene rings is 2. The topological polar surface area (TPSA) is 68.3 Å². The van der Waals surface area contributed by atoms with Crippen molar-refractivity contribution >= 4 is 5.84 Å². The summed E-state index contributed by atoms with van der Waals surface area (Å²) in [5.41, 5.74) is 5.28. The Bertz CT molecular complexity index is 538. The lowest BCUT2D eigenvalue weighted by molar-refractivity contribution is 0.313. The maximum atomic E-state index is 7.12. The molecule has 0 radical (unpaired) electrons. The van der Waals surface area contributed by atoms with E-state index in [4.69, 9.17) is 20.6 Å². The minimum atomic E-state index is 0.195. The fourth-order valence-electron chi connectivity index (χ4n) is 1.68. The molecule has 3 N–H and O–H groups in total. The normalized spacial score (nSPS) is 10.0. The summed E-state index contributed by atoms with van der Waals surface area (Å²) in [6.45, 7) is 0.554. The Morgan fingerprint density at radius 2 is 1.50 bits per heavy atom. The minimum absolute atomic E-state index is 0.195. The van der Waals surface area contributed by atoms with E-state index in [9.17, 15) is 0 Å². The van der Waals surface area contributed by atoms with E-state index in [0.29, 0.717) is 13.0 Å². The van der Waals surface area contributed by atoms with E-state index in [1.807, 2.05) is 54.6 Å². The van der Waals surface area contributed by atoms with Gasteiger partial charge in [-0.3, -0.25) is 5.41 Å². The van der Waals surface area contributed by atoms with Gasteiger partial charge < -0.3 is 15.2 Å². The van der Waals surface area contributed by atoms with E-state index in [-0.39, 0.29) is 5.84 Å². The maximum Gasteiger partial charge on any atom is 0.127 e. The van der Waals surface area contributed by atoms with Crippen LogP contribution in [0.3, 0.4) is 0 Å². The first kappa shape index (κ1) is 13.9. The van der Waals surface area contributed by atoms with E-state index in [1.54, 1.807) is 0 Å². The van der Waals surface area contributed by atoms with E-state index < -0.39 is 0 Å². The predicted molar refractivity (Wildman–Crippen MR) is 79.6 cm³/mol. The highest BCUT2D eigenvalue weighted by Crippen LogP contribution is 2.23. The van der Waals surface area contributed by atoms with Crippen LogP contribution in [0.15, 0.2) is 54.6 Å². The van der Waals surface area contributed by atoms with Gasteiger partial charge in [-0.15, -0.1) is 0 Å². The van der Waals surface area contributed by atoms with Crippen molar-refractivity contribution in [1.82, 2.24) is 0 Å². The van der Waals surface area contributed by atoms with Crippen molar-refractivity contribution in [2.75, 3.05) is 6.61 Å². The van der Waals surface area contributed by atoms with E-state index in [2.05, 4.69) is 0 Å². The number of hydrogen-bond acceptors (Lipinski definition) is 3. The number of nitrogens with one attached hydrogen (secondary N) is 1. The van der Waals surface area contributed by atoms with Gasteiger partial charge in [0.15, 0.2) is 0 Å². The van der Waals surface area contributed by atoms with Crippen LogP contribution in [0.4, 0.5) is 0 Å². The van der Waals surface area contributed by atoms with Crippen molar-refractivity contribution in [3.63, 3.8) is 0 Å². The molecule has 0 fully saturated rings. The third-order valence-electron chi connectivity index (χ3n) is 2.66. The molecule has 4 heteroatoms. The zero-order chi connectivity index (χ0) is 14.2. The number of ether oxygens (including phenoxy) is 2. The van der Waals surface area contributed by atoms with Crippen molar-refractivity contribution in [2.45, 2.75) is 12.8 Å². The first-order valence-corrected chi connectivity index (χ1v) is 6.53. The van der Waals surface area contributed by atoms with Crippen LogP contribution in [0.2, 0.25) is 0 Å².